The number of guanidine groups is 1. The maximum absolute atomic E-state index is 14.3. The van der Waals surface area contributed by atoms with Crippen LogP contribution in [0.15, 0.2) is 112 Å². The lowest BCUT2D eigenvalue weighted by Gasteiger charge is -2.31. The van der Waals surface area contributed by atoms with Gasteiger partial charge in [-0.2, -0.15) is 13.2 Å². The van der Waals surface area contributed by atoms with E-state index in [1.165, 1.54) is 10.8 Å². The number of fused-ring (bicyclic) bond motifs is 5. The van der Waals surface area contributed by atoms with Crippen molar-refractivity contribution < 1.29 is 81.2 Å². The van der Waals surface area contributed by atoms with Crippen molar-refractivity contribution in [2.45, 2.75) is 114 Å². The average molecular weight is 1280 g/mol. The molecule has 0 saturated carbocycles. The number of halogens is 3. The molecule has 31 heteroatoms. The molecule has 1 saturated heterocycles. The number of ether oxygens (including phenoxy) is 1. The summed E-state index contributed by atoms with van der Waals surface area (Å²) in [4.78, 5) is 143. The highest BCUT2D eigenvalue weighted by Gasteiger charge is 2.46. The van der Waals surface area contributed by atoms with Crippen molar-refractivity contribution in [2.24, 2.45) is 21.6 Å². The Bertz CT molecular complexity index is 3750. The highest BCUT2D eigenvalue weighted by Crippen LogP contribution is 2.40. The third-order valence-electron chi connectivity index (χ3n) is 14.9. The number of oxime groups is 1. The number of carboxylic acid groups (broad SMARTS) is 2. The SMILES string of the molecule is C=C1CNC(=O)[C@H](CCCN=C(N)N)NC(=O)[C@H](Cc2ccc(CNC(=O)CCC(=O)NCCO/N=C\c3c4c(nc5ccccc35)-c3cc5c(c(=O)n3C4)COC(=O)[C@]5(O)CC)cc2)NC(=O)[C@@H](Cc2ccccc2)NC(=O)[C@H](CC(=O)O)N1.O=C(O)C(F)(F)F. The zero-order valence-electron chi connectivity index (χ0n) is 49.6. The maximum Gasteiger partial charge on any atom is 0.490 e. The maximum atomic E-state index is 14.3. The van der Waals surface area contributed by atoms with Crippen molar-refractivity contribution >= 4 is 76.4 Å². The van der Waals surface area contributed by atoms with E-state index >= 15 is 0 Å². The van der Waals surface area contributed by atoms with Gasteiger partial charge in [-0.3, -0.25) is 43.3 Å². The molecule has 0 bridgehead atoms. The van der Waals surface area contributed by atoms with Crippen LogP contribution in [0, 0.1) is 0 Å². The second kappa shape index (κ2) is 31.1. The van der Waals surface area contributed by atoms with E-state index in [4.69, 9.17) is 35.9 Å². The summed E-state index contributed by atoms with van der Waals surface area (Å²) in [5.74, 6) is -8.83. The lowest BCUT2D eigenvalue weighted by molar-refractivity contribution is -0.192. The van der Waals surface area contributed by atoms with Crippen molar-refractivity contribution in [1.29, 1.82) is 0 Å². The fraction of sp³-hybridized carbons (Fsp3) is 0.361. The number of rotatable bonds is 21. The lowest BCUT2D eigenvalue weighted by atomic mass is 9.86. The van der Waals surface area contributed by atoms with Crippen molar-refractivity contribution in [1.82, 2.24) is 46.8 Å². The van der Waals surface area contributed by atoms with E-state index in [9.17, 15) is 66.5 Å². The van der Waals surface area contributed by atoms with E-state index in [-0.39, 0.29) is 114 Å². The summed E-state index contributed by atoms with van der Waals surface area (Å²) in [5.41, 5.74) is 13.9. The second-order valence-corrected chi connectivity index (χ2v) is 21.4. The smallest absolute Gasteiger partial charge is 0.481 e. The molecule has 0 unspecified atom stereocenters. The Hall–Kier alpha value is -10.7. The van der Waals surface area contributed by atoms with Crippen molar-refractivity contribution in [3.63, 3.8) is 0 Å². The topological polar surface area (TPSA) is 429 Å². The summed E-state index contributed by atoms with van der Waals surface area (Å²) in [6.07, 6.45) is -4.29. The fourth-order valence-corrected chi connectivity index (χ4v) is 10.1. The number of carbonyl (C=O) groups is 9. The van der Waals surface area contributed by atoms with Crippen molar-refractivity contribution in [2.75, 3.05) is 26.2 Å². The summed E-state index contributed by atoms with van der Waals surface area (Å²) in [6.45, 7) is 5.41. The average Bonchev–Trinajstić information content (AvgIpc) is 1.50. The molecule has 3 aromatic carbocycles. The van der Waals surface area contributed by atoms with Crippen LogP contribution in [-0.4, -0.2) is 147 Å². The molecule has 1 fully saturated rings. The molecule has 5 atom stereocenters. The number of para-hydroxylation sites is 1. The number of alkyl halides is 3. The quantitative estimate of drug-likeness (QED) is 0.0155. The zero-order chi connectivity index (χ0) is 66.9. The largest absolute Gasteiger partial charge is 0.490 e. The molecule has 5 aromatic rings. The number of esters is 1. The van der Waals surface area contributed by atoms with Gasteiger partial charge in [0.15, 0.2) is 11.6 Å². The minimum Gasteiger partial charge on any atom is -0.481 e. The number of aromatic nitrogens is 2. The van der Waals surface area contributed by atoms with Crippen LogP contribution in [0.3, 0.4) is 0 Å². The molecule has 14 N–H and O–H groups in total. The van der Waals surface area contributed by atoms with Crippen LogP contribution in [0.1, 0.15) is 84.4 Å². The van der Waals surface area contributed by atoms with Crippen LogP contribution in [0.25, 0.3) is 22.3 Å². The first kappa shape index (κ1) is 68.8. The summed E-state index contributed by atoms with van der Waals surface area (Å²) in [5, 5.41) is 52.1. The summed E-state index contributed by atoms with van der Waals surface area (Å²) in [7, 11) is 0. The predicted molar refractivity (Wildman–Crippen MR) is 323 cm³/mol. The van der Waals surface area contributed by atoms with E-state index in [1.54, 1.807) is 67.6 Å². The van der Waals surface area contributed by atoms with Crippen LogP contribution in [-0.2, 0) is 90.9 Å². The minimum absolute atomic E-state index is 0.00744. The van der Waals surface area contributed by atoms with Gasteiger partial charge in [-0.05, 0) is 48.1 Å². The Labute approximate surface area is 522 Å². The molecule has 0 spiro atoms. The molecule has 8 rings (SSSR count). The Morgan fingerprint density at radius 1 is 0.815 bits per heavy atom. The molecular weight excluding hydrogens is 1210 g/mol. The monoisotopic (exact) mass is 1280 g/mol. The number of aliphatic carboxylic acids is 2. The Morgan fingerprint density at radius 3 is 2.04 bits per heavy atom. The number of cyclic esters (lactones) is 1. The number of nitrogens with two attached hydrogens (primary N) is 2. The van der Waals surface area contributed by atoms with Gasteiger partial charge in [0.2, 0.25) is 35.4 Å². The molecule has 5 heterocycles. The number of carbonyl (C=O) groups excluding carboxylic acids is 7. The highest BCUT2D eigenvalue weighted by atomic mass is 19.4. The number of aliphatic imine (C=N–C) groups is 1. The van der Waals surface area contributed by atoms with E-state index in [2.05, 4.69) is 53.9 Å². The van der Waals surface area contributed by atoms with Gasteiger partial charge in [-0.25, -0.2) is 14.6 Å². The Morgan fingerprint density at radius 2 is 1.41 bits per heavy atom. The van der Waals surface area contributed by atoms with Crippen LogP contribution in [0.5, 0.6) is 0 Å². The first-order valence-corrected chi connectivity index (χ1v) is 28.9. The predicted octanol–water partition coefficient (Wildman–Crippen LogP) is 0.646. The van der Waals surface area contributed by atoms with Gasteiger partial charge in [0.05, 0.1) is 54.7 Å². The standard InChI is InChI=1S/C59H67N13O13.C2HF3O2/c1-3-59(83)41-26-47-51-39(31-72(47)56(81)40(41)32-84-57(59)82)38(37-12-7-8-13-42(37)68-51)30-66-85-23-22-62-48(73)19-20-49(74)64-29-36-17-15-35(16-18-36)25-45-53(78)69-43(14-9-21-63-58(60)61)52(77)65-28-33(2)67-46(27-50(75)76)55(80)71-44(54(79)70-45)24-34-10-5-4-6-11-34;3-2(4,5)1(6)7/h4-8,10-13,15-18,26,30,43-46,67,83H,2-3,9,14,19-25,27-29,31-32H2,1H3,(H,62,73)(H,64,74)(H,65,77)(H,69,78)(H,70,79)(H,71,80)(H,75,76)(H4,60,61,63);(H,6,7)/b66-30-;/t43-,44+,45-,46-,59-;/m0./s1. The van der Waals surface area contributed by atoms with Crippen molar-refractivity contribution in [3.8, 4) is 11.4 Å². The number of carboxylic acids is 2. The van der Waals surface area contributed by atoms with Crippen molar-refractivity contribution in [3.05, 3.63) is 147 Å². The number of hydrogen-bond donors (Lipinski definition) is 12. The Kier molecular flexibility index (Phi) is 23.3. The Balaban J connectivity index is 0.00000162. The summed E-state index contributed by atoms with van der Waals surface area (Å²) >= 11 is 0. The van der Waals surface area contributed by atoms with Gasteiger partial charge >= 0.3 is 24.1 Å². The minimum atomic E-state index is -5.08. The van der Waals surface area contributed by atoms with Crippen LogP contribution in [0.4, 0.5) is 13.2 Å². The normalized spacial score (nSPS) is 19.1. The number of pyridine rings is 2. The summed E-state index contributed by atoms with van der Waals surface area (Å²) in [6, 6.07) is 19.4. The first-order valence-electron chi connectivity index (χ1n) is 28.9. The second-order valence-electron chi connectivity index (χ2n) is 21.4. The van der Waals surface area contributed by atoms with Gasteiger partial charge in [-0.15, -0.1) is 0 Å². The van der Waals surface area contributed by atoms with Crippen LogP contribution < -0.4 is 54.2 Å². The summed E-state index contributed by atoms with van der Waals surface area (Å²) < 4.78 is 38.5. The molecule has 488 valence electrons. The molecular formula is C61H68F3N13O15. The molecule has 28 nitrogen and oxygen atoms in total. The molecule has 3 aliphatic heterocycles. The highest BCUT2D eigenvalue weighted by molar-refractivity contribution is 6.02. The van der Waals surface area contributed by atoms with Crippen LogP contribution in [0.2, 0.25) is 0 Å². The molecule has 2 aromatic heterocycles. The van der Waals surface area contributed by atoms with E-state index in [0.29, 0.717) is 44.7 Å². The van der Waals surface area contributed by atoms with Gasteiger partial charge in [0.25, 0.3) is 5.56 Å². The third-order valence-corrected chi connectivity index (χ3v) is 14.9. The lowest BCUT2D eigenvalue weighted by Crippen LogP contribution is -2.58. The number of nitrogens with one attached hydrogen (secondary N) is 7. The van der Waals surface area contributed by atoms with E-state index < -0.39 is 101 Å². The molecule has 92 heavy (non-hydrogen) atoms. The fourth-order valence-electron chi connectivity index (χ4n) is 10.1. The first-order chi connectivity index (χ1) is 43.8. The zero-order valence-corrected chi connectivity index (χ0v) is 49.6. The van der Waals surface area contributed by atoms with Gasteiger partial charge in [0, 0.05) is 66.5 Å². The van der Waals surface area contributed by atoms with E-state index in [0.717, 1.165) is 5.39 Å². The third kappa shape index (κ3) is 18.2. The van der Waals surface area contributed by atoms with Gasteiger partial charge in [-0.1, -0.05) is 91.5 Å². The number of hydrogen-bond acceptors (Lipinski definition) is 17. The number of amides is 6. The molecule has 3 aliphatic rings. The number of benzene rings is 3. The van der Waals surface area contributed by atoms with Gasteiger partial charge < -0.3 is 78.1 Å². The molecule has 0 aliphatic carbocycles. The number of aliphatic hydroxyl groups is 1. The molecule has 0 radical (unpaired) electrons. The van der Waals surface area contributed by atoms with Crippen LogP contribution >= 0.6 is 0 Å². The van der Waals surface area contributed by atoms with E-state index in [1.807, 2.05) is 24.3 Å². The number of nitrogens with zero attached hydrogens (tertiary/aromatic N) is 4. The van der Waals surface area contributed by atoms with Gasteiger partial charge in [0.1, 0.15) is 37.4 Å². The molecule has 6 amide bonds.